The van der Waals surface area contributed by atoms with Gasteiger partial charge in [-0.05, 0) is 17.7 Å². The van der Waals surface area contributed by atoms with Gasteiger partial charge in [-0.1, -0.05) is 12.1 Å². The van der Waals surface area contributed by atoms with Gasteiger partial charge in [0, 0.05) is 12.1 Å². The third-order valence-corrected chi connectivity index (χ3v) is 2.49. The second-order valence-corrected chi connectivity index (χ2v) is 3.83. The lowest BCUT2D eigenvalue weighted by Gasteiger charge is -2.05. The van der Waals surface area contributed by atoms with Gasteiger partial charge in [-0.2, -0.15) is 10.1 Å². The van der Waals surface area contributed by atoms with E-state index in [9.17, 15) is 9.59 Å². The van der Waals surface area contributed by atoms with E-state index >= 15 is 0 Å². The molecule has 0 spiro atoms. The summed E-state index contributed by atoms with van der Waals surface area (Å²) in [5.41, 5.74) is 1.33. The molecule has 8 heteroatoms. The van der Waals surface area contributed by atoms with Gasteiger partial charge in [-0.15, -0.1) is 0 Å². The van der Waals surface area contributed by atoms with Crippen LogP contribution in [0.2, 0.25) is 0 Å². The fourth-order valence-corrected chi connectivity index (χ4v) is 1.47. The van der Waals surface area contributed by atoms with Gasteiger partial charge in [0.2, 0.25) is 5.95 Å². The van der Waals surface area contributed by atoms with E-state index in [0.717, 1.165) is 5.56 Å². The monoisotopic (exact) mass is 275 g/mol. The molecule has 20 heavy (non-hydrogen) atoms. The standard InChI is InChI=1S/C12H13N5O3/c1-20-12(19)13-6-8-2-4-9(5-3-8)10(18)16-11-14-7-15-17-11/h2-5,7H,6H2,1H3,(H,13,19)(H2,14,15,16,17,18). The minimum Gasteiger partial charge on any atom is -0.453 e. The zero-order valence-corrected chi connectivity index (χ0v) is 10.7. The van der Waals surface area contributed by atoms with Gasteiger partial charge in [-0.3, -0.25) is 10.1 Å². The lowest BCUT2D eigenvalue weighted by Crippen LogP contribution is -2.22. The van der Waals surface area contributed by atoms with Gasteiger partial charge in [0.05, 0.1) is 7.11 Å². The van der Waals surface area contributed by atoms with Crippen molar-refractivity contribution in [3.05, 3.63) is 41.7 Å². The number of alkyl carbamates (subject to hydrolysis) is 1. The number of amides is 2. The molecule has 0 aliphatic carbocycles. The minimum atomic E-state index is -0.503. The van der Waals surface area contributed by atoms with Gasteiger partial charge in [0.25, 0.3) is 5.91 Å². The number of aromatic amines is 1. The topological polar surface area (TPSA) is 109 Å². The van der Waals surface area contributed by atoms with Crippen molar-refractivity contribution in [2.24, 2.45) is 0 Å². The summed E-state index contributed by atoms with van der Waals surface area (Å²) in [6.45, 7) is 0.330. The Morgan fingerprint density at radius 3 is 2.65 bits per heavy atom. The van der Waals surface area contributed by atoms with Crippen LogP contribution < -0.4 is 10.6 Å². The number of nitrogens with one attached hydrogen (secondary N) is 3. The van der Waals surface area contributed by atoms with Crippen LogP contribution in [0.15, 0.2) is 30.6 Å². The fraction of sp³-hybridized carbons (Fsp3) is 0.167. The molecule has 0 radical (unpaired) electrons. The van der Waals surface area contributed by atoms with Gasteiger partial charge in [-0.25, -0.2) is 9.89 Å². The first-order valence-electron chi connectivity index (χ1n) is 5.76. The number of hydrogen-bond donors (Lipinski definition) is 3. The molecule has 2 rings (SSSR count). The number of hydrogen-bond acceptors (Lipinski definition) is 5. The van der Waals surface area contributed by atoms with Crippen molar-refractivity contribution in [1.82, 2.24) is 20.5 Å². The molecule has 1 aromatic carbocycles. The Kier molecular flexibility index (Phi) is 4.28. The average Bonchev–Trinajstić information content (AvgIpc) is 2.98. The number of anilines is 1. The molecule has 0 saturated carbocycles. The third kappa shape index (κ3) is 3.55. The summed E-state index contributed by atoms with van der Waals surface area (Å²) >= 11 is 0. The van der Waals surface area contributed by atoms with E-state index in [1.54, 1.807) is 24.3 Å². The van der Waals surface area contributed by atoms with Crippen LogP contribution in [0.1, 0.15) is 15.9 Å². The number of benzene rings is 1. The number of carbonyl (C=O) groups excluding carboxylic acids is 2. The van der Waals surface area contributed by atoms with Gasteiger partial charge in [0.1, 0.15) is 6.33 Å². The lowest BCUT2D eigenvalue weighted by molar-refractivity contribution is 0.102. The molecule has 0 unspecified atom stereocenters. The first kappa shape index (κ1) is 13.5. The van der Waals surface area contributed by atoms with Crippen LogP contribution in [0.25, 0.3) is 0 Å². The maximum Gasteiger partial charge on any atom is 0.407 e. The highest BCUT2D eigenvalue weighted by Gasteiger charge is 2.07. The molecule has 3 N–H and O–H groups in total. The van der Waals surface area contributed by atoms with Crippen LogP contribution in [-0.2, 0) is 11.3 Å². The summed E-state index contributed by atoms with van der Waals surface area (Å²) in [7, 11) is 1.30. The van der Waals surface area contributed by atoms with E-state index in [4.69, 9.17) is 0 Å². The second kappa shape index (κ2) is 6.32. The maximum atomic E-state index is 11.8. The van der Waals surface area contributed by atoms with E-state index < -0.39 is 6.09 Å². The molecule has 1 aromatic heterocycles. The molecule has 2 amide bonds. The van der Waals surface area contributed by atoms with Gasteiger partial charge >= 0.3 is 6.09 Å². The third-order valence-electron chi connectivity index (χ3n) is 2.49. The highest BCUT2D eigenvalue weighted by atomic mass is 16.5. The van der Waals surface area contributed by atoms with Crippen molar-refractivity contribution in [2.75, 3.05) is 12.4 Å². The SMILES string of the molecule is COC(=O)NCc1ccc(C(=O)Nc2ncn[nH]2)cc1. The fourth-order valence-electron chi connectivity index (χ4n) is 1.47. The average molecular weight is 275 g/mol. The molecule has 2 aromatic rings. The maximum absolute atomic E-state index is 11.8. The van der Waals surface area contributed by atoms with Crippen LogP contribution in [0.5, 0.6) is 0 Å². The predicted molar refractivity (Wildman–Crippen MR) is 70.0 cm³/mol. The van der Waals surface area contributed by atoms with Gasteiger partial charge in [0.15, 0.2) is 0 Å². The Morgan fingerprint density at radius 2 is 2.05 bits per heavy atom. The highest BCUT2D eigenvalue weighted by Crippen LogP contribution is 2.06. The van der Waals surface area contributed by atoms with E-state index in [0.29, 0.717) is 12.1 Å². The molecule has 0 aliphatic heterocycles. The molecule has 0 aliphatic rings. The van der Waals surface area contributed by atoms with E-state index in [2.05, 4.69) is 30.6 Å². The number of nitrogens with zero attached hydrogens (tertiary/aromatic N) is 2. The van der Waals surface area contributed by atoms with Crippen molar-refractivity contribution in [3.63, 3.8) is 0 Å². The Labute approximate surface area is 114 Å². The second-order valence-electron chi connectivity index (χ2n) is 3.83. The van der Waals surface area contributed by atoms with E-state index in [1.165, 1.54) is 13.4 Å². The van der Waals surface area contributed by atoms with Crippen molar-refractivity contribution in [3.8, 4) is 0 Å². The molecule has 0 saturated heterocycles. The van der Waals surface area contributed by atoms with E-state index in [-0.39, 0.29) is 11.9 Å². The number of methoxy groups -OCH3 is 1. The molecule has 0 bridgehead atoms. The zero-order chi connectivity index (χ0) is 14.4. The summed E-state index contributed by atoms with van der Waals surface area (Å²) in [5, 5.41) is 11.3. The first-order chi connectivity index (χ1) is 9.69. The Bertz CT molecular complexity index is 580. The number of H-pyrrole nitrogens is 1. The molecule has 0 atom stereocenters. The van der Waals surface area contributed by atoms with Crippen molar-refractivity contribution in [1.29, 1.82) is 0 Å². The van der Waals surface area contributed by atoms with Crippen LogP contribution in [-0.4, -0.2) is 34.3 Å². The number of aromatic nitrogens is 3. The highest BCUT2D eigenvalue weighted by molar-refractivity contribution is 6.03. The number of ether oxygens (including phenoxy) is 1. The molecule has 104 valence electrons. The van der Waals surface area contributed by atoms with Crippen molar-refractivity contribution >= 4 is 17.9 Å². The van der Waals surface area contributed by atoms with Crippen LogP contribution in [0.3, 0.4) is 0 Å². The Hall–Kier alpha value is -2.90. The van der Waals surface area contributed by atoms with Crippen LogP contribution in [0.4, 0.5) is 10.7 Å². The van der Waals surface area contributed by atoms with Crippen LogP contribution in [0, 0.1) is 0 Å². The first-order valence-corrected chi connectivity index (χ1v) is 5.76. The molecule has 1 heterocycles. The summed E-state index contributed by atoms with van der Waals surface area (Å²) in [4.78, 5) is 26.6. The summed E-state index contributed by atoms with van der Waals surface area (Å²) in [5.74, 6) is -0.0133. The Morgan fingerprint density at radius 1 is 1.30 bits per heavy atom. The largest absolute Gasteiger partial charge is 0.453 e. The molecular formula is C12H13N5O3. The zero-order valence-electron chi connectivity index (χ0n) is 10.7. The smallest absolute Gasteiger partial charge is 0.407 e. The lowest BCUT2D eigenvalue weighted by atomic mass is 10.1. The molecular weight excluding hydrogens is 262 g/mol. The van der Waals surface area contributed by atoms with Gasteiger partial charge < -0.3 is 10.1 Å². The van der Waals surface area contributed by atoms with Crippen molar-refractivity contribution < 1.29 is 14.3 Å². The van der Waals surface area contributed by atoms with Crippen molar-refractivity contribution in [2.45, 2.75) is 6.54 Å². The normalized spacial score (nSPS) is 9.85. The number of carbonyl (C=O) groups is 2. The minimum absolute atomic E-state index is 0.284. The summed E-state index contributed by atoms with van der Waals surface area (Å²) < 4.78 is 4.46. The summed E-state index contributed by atoms with van der Waals surface area (Å²) in [6, 6.07) is 6.79. The molecule has 8 nitrogen and oxygen atoms in total. The predicted octanol–water partition coefficient (Wildman–Crippen LogP) is 0.913. The van der Waals surface area contributed by atoms with Crippen LogP contribution >= 0.6 is 0 Å². The summed E-state index contributed by atoms with van der Waals surface area (Å²) in [6.07, 6.45) is 0.800. The quantitative estimate of drug-likeness (QED) is 0.768. The van der Waals surface area contributed by atoms with E-state index in [1.807, 2.05) is 0 Å². The Balaban J connectivity index is 1.93. The molecule has 0 fully saturated rings. The number of rotatable bonds is 4.